The Morgan fingerprint density at radius 2 is 1.80 bits per heavy atom. The van der Waals surface area contributed by atoms with Crippen molar-refractivity contribution in [3.8, 4) is 0 Å². The first-order valence-electron chi connectivity index (χ1n) is 5.24. The molecule has 0 amide bonds. The van der Waals surface area contributed by atoms with Gasteiger partial charge in [-0.3, -0.25) is 0 Å². The van der Waals surface area contributed by atoms with Gasteiger partial charge in [0.25, 0.3) is 0 Å². The standard InChI is InChI=1S/C10H20O5/c1-10(2)14-8(9(6-12)15-10)4-3-7(13)5-11/h7-9,11-13H,3-6H2,1-2H3/t7?,8-,9+/m0/s1. The molecular weight excluding hydrogens is 200 g/mol. The number of aliphatic hydroxyl groups excluding tert-OH is 3. The molecular formula is C10H20O5. The highest BCUT2D eigenvalue weighted by Gasteiger charge is 2.40. The lowest BCUT2D eigenvalue weighted by Crippen LogP contribution is -2.27. The van der Waals surface area contributed by atoms with Gasteiger partial charge in [-0.1, -0.05) is 0 Å². The van der Waals surface area contributed by atoms with Crippen LogP contribution in [0.2, 0.25) is 0 Å². The number of rotatable bonds is 5. The van der Waals surface area contributed by atoms with Gasteiger partial charge in [0.05, 0.1) is 25.4 Å². The van der Waals surface area contributed by atoms with E-state index in [9.17, 15) is 5.11 Å². The Kier molecular flexibility index (Phi) is 4.48. The third kappa shape index (κ3) is 3.70. The third-order valence-electron chi connectivity index (χ3n) is 2.46. The smallest absolute Gasteiger partial charge is 0.163 e. The first kappa shape index (κ1) is 12.9. The van der Waals surface area contributed by atoms with Crippen LogP contribution < -0.4 is 0 Å². The van der Waals surface area contributed by atoms with E-state index in [1.165, 1.54) is 0 Å². The molecule has 0 bridgehead atoms. The summed E-state index contributed by atoms with van der Waals surface area (Å²) in [7, 11) is 0. The second-order valence-corrected chi connectivity index (χ2v) is 4.31. The number of aliphatic hydroxyl groups is 3. The van der Waals surface area contributed by atoms with Crippen molar-refractivity contribution in [1.29, 1.82) is 0 Å². The average Bonchev–Trinajstić information content (AvgIpc) is 2.49. The minimum Gasteiger partial charge on any atom is -0.394 e. The fourth-order valence-corrected chi connectivity index (χ4v) is 1.76. The Balaban J connectivity index is 2.40. The van der Waals surface area contributed by atoms with Gasteiger partial charge >= 0.3 is 0 Å². The van der Waals surface area contributed by atoms with Crippen LogP contribution in [-0.2, 0) is 9.47 Å². The fraction of sp³-hybridized carbons (Fsp3) is 1.00. The molecule has 15 heavy (non-hydrogen) atoms. The Morgan fingerprint density at radius 1 is 1.20 bits per heavy atom. The van der Waals surface area contributed by atoms with Crippen molar-refractivity contribution in [3.63, 3.8) is 0 Å². The van der Waals surface area contributed by atoms with Crippen LogP contribution >= 0.6 is 0 Å². The van der Waals surface area contributed by atoms with E-state index in [1.807, 2.05) is 0 Å². The summed E-state index contributed by atoms with van der Waals surface area (Å²) in [6.07, 6.45) is -0.276. The summed E-state index contributed by atoms with van der Waals surface area (Å²) in [6.45, 7) is 3.24. The number of ether oxygens (including phenoxy) is 2. The summed E-state index contributed by atoms with van der Waals surface area (Å²) in [6, 6.07) is 0. The molecule has 1 rings (SSSR count). The molecule has 1 fully saturated rings. The first-order chi connectivity index (χ1) is 6.98. The molecule has 0 saturated carbocycles. The van der Waals surface area contributed by atoms with Crippen LogP contribution in [0.5, 0.6) is 0 Å². The largest absolute Gasteiger partial charge is 0.394 e. The molecule has 5 heteroatoms. The summed E-state index contributed by atoms with van der Waals surface area (Å²) >= 11 is 0. The molecule has 0 spiro atoms. The number of hydrogen-bond acceptors (Lipinski definition) is 5. The molecule has 0 aromatic carbocycles. The molecule has 90 valence electrons. The van der Waals surface area contributed by atoms with E-state index in [4.69, 9.17) is 19.7 Å². The van der Waals surface area contributed by atoms with E-state index >= 15 is 0 Å². The van der Waals surface area contributed by atoms with Crippen LogP contribution in [0.1, 0.15) is 26.7 Å². The quantitative estimate of drug-likeness (QED) is 0.589. The van der Waals surface area contributed by atoms with Crippen LogP contribution in [0.4, 0.5) is 0 Å². The van der Waals surface area contributed by atoms with E-state index in [0.717, 1.165) is 0 Å². The molecule has 1 heterocycles. The Labute approximate surface area is 89.6 Å². The number of hydrogen-bond donors (Lipinski definition) is 3. The Morgan fingerprint density at radius 3 is 2.33 bits per heavy atom. The van der Waals surface area contributed by atoms with Crippen LogP contribution in [0.3, 0.4) is 0 Å². The zero-order chi connectivity index (χ0) is 11.5. The highest BCUT2D eigenvalue weighted by Crippen LogP contribution is 2.30. The maximum Gasteiger partial charge on any atom is 0.163 e. The summed E-state index contributed by atoms with van der Waals surface area (Å²) in [4.78, 5) is 0. The predicted octanol–water partition coefficient (Wildman–Crippen LogP) is -0.368. The minimum atomic E-state index is -0.725. The van der Waals surface area contributed by atoms with Crippen molar-refractivity contribution < 1.29 is 24.8 Å². The van der Waals surface area contributed by atoms with Gasteiger partial charge in [0.2, 0.25) is 0 Å². The van der Waals surface area contributed by atoms with Crippen molar-refractivity contribution in [2.75, 3.05) is 13.2 Å². The molecule has 0 aromatic heterocycles. The third-order valence-corrected chi connectivity index (χ3v) is 2.46. The summed E-state index contributed by atoms with van der Waals surface area (Å²) in [5.41, 5.74) is 0. The first-order valence-corrected chi connectivity index (χ1v) is 5.24. The van der Waals surface area contributed by atoms with Gasteiger partial charge in [0, 0.05) is 0 Å². The molecule has 5 nitrogen and oxygen atoms in total. The lowest BCUT2D eigenvalue weighted by molar-refractivity contribution is -0.149. The van der Waals surface area contributed by atoms with Gasteiger partial charge in [-0.05, 0) is 26.7 Å². The molecule has 3 N–H and O–H groups in total. The zero-order valence-corrected chi connectivity index (χ0v) is 9.22. The average molecular weight is 220 g/mol. The van der Waals surface area contributed by atoms with Gasteiger partial charge in [0.1, 0.15) is 6.10 Å². The maximum atomic E-state index is 9.20. The van der Waals surface area contributed by atoms with Gasteiger partial charge in [-0.2, -0.15) is 0 Å². The van der Waals surface area contributed by atoms with Crippen LogP contribution in [0.25, 0.3) is 0 Å². The van der Waals surface area contributed by atoms with Gasteiger partial charge < -0.3 is 24.8 Å². The van der Waals surface area contributed by atoms with Gasteiger partial charge in [-0.15, -0.1) is 0 Å². The summed E-state index contributed by atoms with van der Waals surface area (Å²) < 4.78 is 11.0. The van der Waals surface area contributed by atoms with E-state index in [-0.39, 0.29) is 25.4 Å². The predicted molar refractivity (Wildman–Crippen MR) is 53.2 cm³/mol. The SMILES string of the molecule is CC1(C)O[C@@H](CCC(O)CO)[C@@H](CO)O1. The second kappa shape index (κ2) is 5.23. The van der Waals surface area contributed by atoms with Gasteiger partial charge in [-0.25, -0.2) is 0 Å². The van der Waals surface area contributed by atoms with Crippen LogP contribution in [-0.4, -0.2) is 52.6 Å². The monoisotopic (exact) mass is 220 g/mol. The van der Waals surface area contributed by atoms with Crippen molar-refractivity contribution in [2.45, 2.75) is 50.8 Å². The van der Waals surface area contributed by atoms with Crippen LogP contribution in [0.15, 0.2) is 0 Å². The molecule has 0 aromatic rings. The van der Waals surface area contributed by atoms with E-state index < -0.39 is 11.9 Å². The van der Waals surface area contributed by atoms with E-state index in [2.05, 4.69) is 0 Å². The molecule has 1 aliphatic rings. The summed E-state index contributed by atoms with van der Waals surface area (Å²) in [5.74, 6) is -0.678. The van der Waals surface area contributed by atoms with Crippen molar-refractivity contribution in [1.82, 2.24) is 0 Å². The molecule has 3 atom stereocenters. The zero-order valence-electron chi connectivity index (χ0n) is 9.22. The van der Waals surface area contributed by atoms with E-state index in [1.54, 1.807) is 13.8 Å². The Bertz CT molecular complexity index is 194. The second-order valence-electron chi connectivity index (χ2n) is 4.31. The van der Waals surface area contributed by atoms with Crippen molar-refractivity contribution in [3.05, 3.63) is 0 Å². The molecule has 1 unspecified atom stereocenters. The van der Waals surface area contributed by atoms with E-state index in [0.29, 0.717) is 12.8 Å². The molecule has 0 radical (unpaired) electrons. The Hall–Kier alpha value is -0.200. The topological polar surface area (TPSA) is 79.2 Å². The fourth-order valence-electron chi connectivity index (χ4n) is 1.76. The molecule has 1 aliphatic heterocycles. The van der Waals surface area contributed by atoms with Crippen LogP contribution in [0, 0.1) is 0 Å². The van der Waals surface area contributed by atoms with Crippen molar-refractivity contribution >= 4 is 0 Å². The molecule has 1 saturated heterocycles. The van der Waals surface area contributed by atoms with Gasteiger partial charge in [0.15, 0.2) is 5.79 Å². The minimum absolute atomic E-state index is 0.0939. The molecule has 0 aliphatic carbocycles. The maximum absolute atomic E-state index is 9.20. The van der Waals surface area contributed by atoms with Crippen molar-refractivity contribution in [2.24, 2.45) is 0 Å². The highest BCUT2D eigenvalue weighted by atomic mass is 16.8. The normalized spacial score (nSPS) is 31.8. The lowest BCUT2D eigenvalue weighted by atomic mass is 10.1. The highest BCUT2D eigenvalue weighted by molar-refractivity contribution is 4.81. The lowest BCUT2D eigenvalue weighted by Gasteiger charge is -2.17. The summed E-state index contributed by atoms with van der Waals surface area (Å²) in [5, 5.41) is 26.9.